The van der Waals surface area contributed by atoms with Gasteiger partial charge < -0.3 is 15.0 Å². The number of nitrogens with two attached hydrogens (primary N) is 1. The van der Waals surface area contributed by atoms with Gasteiger partial charge in [0.1, 0.15) is 0 Å². The maximum Gasteiger partial charge on any atom is 0.240 e. The average molecular weight is 254 g/mol. The van der Waals surface area contributed by atoms with Gasteiger partial charge in [-0.3, -0.25) is 4.90 Å². The van der Waals surface area contributed by atoms with Crippen LogP contribution >= 0.6 is 0 Å². The van der Waals surface area contributed by atoms with Gasteiger partial charge in [0.2, 0.25) is 5.89 Å². The van der Waals surface area contributed by atoms with Crippen molar-refractivity contribution in [3.63, 3.8) is 0 Å². The minimum atomic E-state index is -0.550. The van der Waals surface area contributed by atoms with E-state index in [-0.39, 0.29) is 0 Å². The number of aromatic nitrogens is 2. The average Bonchev–Trinajstić information content (AvgIpc) is 2.88. The first kappa shape index (κ1) is 13.5. The summed E-state index contributed by atoms with van der Waals surface area (Å²) in [6.07, 6.45) is 1.16. The maximum atomic E-state index is 5.92. The number of hydrogen-bond acceptors (Lipinski definition) is 6. The van der Waals surface area contributed by atoms with Gasteiger partial charge in [0.15, 0.2) is 5.82 Å². The molecule has 0 aliphatic carbocycles. The molecule has 1 aliphatic rings. The smallest absolute Gasteiger partial charge is 0.240 e. The Bertz CT molecular complexity index is 386. The molecule has 1 fully saturated rings. The van der Waals surface area contributed by atoms with E-state index in [4.69, 9.17) is 15.0 Å². The third-order valence-electron chi connectivity index (χ3n) is 3.18. The van der Waals surface area contributed by atoms with Crippen LogP contribution in [0.3, 0.4) is 0 Å². The molecule has 0 radical (unpaired) electrons. The molecular formula is C12H22N4O2. The summed E-state index contributed by atoms with van der Waals surface area (Å²) in [6.45, 7) is 7.33. The molecule has 0 saturated carbocycles. The molecular weight excluding hydrogens is 232 g/mol. The van der Waals surface area contributed by atoms with Gasteiger partial charge in [-0.2, -0.15) is 4.98 Å². The fraction of sp³-hybridized carbons (Fsp3) is 0.833. The highest BCUT2D eigenvalue weighted by Crippen LogP contribution is 2.19. The van der Waals surface area contributed by atoms with Crippen molar-refractivity contribution in [1.29, 1.82) is 0 Å². The van der Waals surface area contributed by atoms with E-state index in [1.54, 1.807) is 7.11 Å². The molecule has 1 saturated heterocycles. The van der Waals surface area contributed by atoms with E-state index in [9.17, 15) is 0 Å². The minimum Gasteiger partial charge on any atom is -0.384 e. The minimum absolute atomic E-state index is 0.550. The third-order valence-corrected chi connectivity index (χ3v) is 3.18. The highest BCUT2D eigenvalue weighted by atomic mass is 16.5. The molecule has 1 aromatic heterocycles. The van der Waals surface area contributed by atoms with Gasteiger partial charge >= 0.3 is 0 Å². The lowest BCUT2D eigenvalue weighted by Gasteiger charge is -2.13. The van der Waals surface area contributed by atoms with Gasteiger partial charge in [0.05, 0.1) is 18.7 Å². The predicted molar refractivity (Wildman–Crippen MR) is 66.8 cm³/mol. The van der Waals surface area contributed by atoms with Crippen molar-refractivity contribution in [3.05, 3.63) is 11.7 Å². The Morgan fingerprint density at radius 3 is 2.94 bits per heavy atom. The van der Waals surface area contributed by atoms with Crippen molar-refractivity contribution in [2.75, 3.05) is 26.8 Å². The monoisotopic (exact) mass is 254 g/mol. The number of methoxy groups -OCH3 is 1. The maximum absolute atomic E-state index is 5.92. The van der Waals surface area contributed by atoms with Gasteiger partial charge in [-0.25, -0.2) is 0 Å². The Kier molecular flexibility index (Phi) is 3.99. The summed E-state index contributed by atoms with van der Waals surface area (Å²) in [7, 11) is 1.75. The molecule has 2 N–H and O–H groups in total. The van der Waals surface area contributed by atoms with Crippen LogP contribution in [0.25, 0.3) is 0 Å². The summed E-state index contributed by atoms with van der Waals surface area (Å²) in [5.41, 5.74) is 5.37. The second-order valence-electron chi connectivity index (χ2n) is 5.58. The van der Waals surface area contributed by atoms with Crippen LogP contribution in [-0.4, -0.2) is 41.8 Å². The molecule has 102 valence electrons. The molecule has 0 amide bonds. The zero-order chi connectivity index (χ0) is 13.2. The van der Waals surface area contributed by atoms with Crippen molar-refractivity contribution >= 4 is 0 Å². The molecule has 1 aliphatic heterocycles. The fourth-order valence-corrected chi connectivity index (χ4v) is 2.20. The summed E-state index contributed by atoms with van der Waals surface area (Å²) in [4.78, 5) is 6.65. The quantitative estimate of drug-likeness (QED) is 0.834. The van der Waals surface area contributed by atoms with Gasteiger partial charge in [-0.05, 0) is 32.7 Å². The molecule has 0 aromatic carbocycles. The SMILES string of the molecule is COCC1CCN(Cc2nc(C(C)(C)N)no2)C1. The van der Waals surface area contributed by atoms with Gasteiger partial charge in [0.25, 0.3) is 0 Å². The predicted octanol–water partition coefficient (Wildman–Crippen LogP) is 0.732. The second-order valence-corrected chi connectivity index (χ2v) is 5.58. The van der Waals surface area contributed by atoms with Crippen molar-refractivity contribution in [3.8, 4) is 0 Å². The Hall–Kier alpha value is -0.980. The first-order valence-electron chi connectivity index (χ1n) is 6.32. The van der Waals surface area contributed by atoms with Crippen LogP contribution < -0.4 is 5.73 Å². The largest absolute Gasteiger partial charge is 0.384 e. The molecule has 6 heteroatoms. The Labute approximate surface area is 107 Å². The third kappa shape index (κ3) is 3.28. The molecule has 18 heavy (non-hydrogen) atoms. The Balaban J connectivity index is 1.89. The topological polar surface area (TPSA) is 77.4 Å². The number of ether oxygens (including phenoxy) is 1. The summed E-state index contributed by atoms with van der Waals surface area (Å²) < 4.78 is 10.4. The number of rotatable bonds is 5. The van der Waals surface area contributed by atoms with E-state index in [0.717, 1.165) is 26.1 Å². The van der Waals surface area contributed by atoms with Crippen molar-refractivity contribution < 1.29 is 9.26 Å². The van der Waals surface area contributed by atoms with Crippen molar-refractivity contribution in [2.45, 2.75) is 32.4 Å². The standard InChI is InChI=1S/C12H22N4O2/c1-12(2,13)11-14-10(18-15-11)7-16-5-4-9(6-16)8-17-3/h9H,4-8,13H2,1-3H3. The molecule has 2 heterocycles. The van der Waals surface area contributed by atoms with Crippen LogP contribution in [0, 0.1) is 5.92 Å². The number of nitrogens with zero attached hydrogens (tertiary/aromatic N) is 3. The Morgan fingerprint density at radius 2 is 2.33 bits per heavy atom. The van der Waals surface area contributed by atoms with Crippen LogP contribution in [0.2, 0.25) is 0 Å². The molecule has 6 nitrogen and oxygen atoms in total. The number of likely N-dealkylation sites (tertiary alicyclic amines) is 1. The summed E-state index contributed by atoms with van der Waals surface area (Å²) in [6, 6.07) is 0. The lowest BCUT2D eigenvalue weighted by atomic mass is 10.1. The van der Waals surface area contributed by atoms with Crippen molar-refractivity contribution in [2.24, 2.45) is 11.7 Å². The van der Waals surface area contributed by atoms with E-state index < -0.39 is 5.54 Å². The van der Waals surface area contributed by atoms with E-state index in [1.165, 1.54) is 0 Å². The molecule has 0 bridgehead atoms. The van der Waals surface area contributed by atoms with E-state index in [2.05, 4.69) is 15.0 Å². The van der Waals surface area contributed by atoms with Crippen LogP contribution in [0.4, 0.5) is 0 Å². The highest BCUT2D eigenvalue weighted by molar-refractivity contribution is 4.99. The first-order valence-corrected chi connectivity index (χ1v) is 6.32. The Morgan fingerprint density at radius 1 is 1.56 bits per heavy atom. The normalized spacial score (nSPS) is 21.7. The lowest BCUT2D eigenvalue weighted by molar-refractivity contribution is 0.151. The fourth-order valence-electron chi connectivity index (χ4n) is 2.20. The van der Waals surface area contributed by atoms with E-state index >= 15 is 0 Å². The first-order chi connectivity index (χ1) is 8.49. The zero-order valence-electron chi connectivity index (χ0n) is 11.3. The summed E-state index contributed by atoms with van der Waals surface area (Å²) >= 11 is 0. The molecule has 1 aromatic rings. The van der Waals surface area contributed by atoms with Gasteiger partial charge in [-0.1, -0.05) is 5.16 Å². The van der Waals surface area contributed by atoms with E-state index in [1.807, 2.05) is 13.8 Å². The molecule has 1 unspecified atom stereocenters. The number of hydrogen-bond donors (Lipinski definition) is 1. The summed E-state index contributed by atoms with van der Waals surface area (Å²) in [5.74, 6) is 1.81. The molecule has 2 rings (SSSR count). The van der Waals surface area contributed by atoms with Gasteiger partial charge in [0, 0.05) is 13.7 Å². The lowest BCUT2D eigenvalue weighted by Crippen LogP contribution is -2.30. The summed E-state index contributed by atoms with van der Waals surface area (Å²) in [5, 5.41) is 3.92. The highest BCUT2D eigenvalue weighted by Gasteiger charge is 2.26. The van der Waals surface area contributed by atoms with Crippen molar-refractivity contribution in [1.82, 2.24) is 15.0 Å². The zero-order valence-corrected chi connectivity index (χ0v) is 11.3. The van der Waals surface area contributed by atoms with Gasteiger partial charge in [-0.15, -0.1) is 0 Å². The molecule has 1 atom stereocenters. The van der Waals surface area contributed by atoms with Crippen LogP contribution in [0.1, 0.15) is 32.0 Å². The van der Waals surface area contributed by atoms with Crippen LogP contribution in [0.5, 0.6) is 0 Å². The second kappa shape index (κ2) is 5.34. The molecule has 0 spiro atoms. The van der Waals surface area contributed by atoms with Crippen LogP contribution in [0.15, 0.2) is 4.52 Å². The van der Waals surface area contributed by atoms with Crippen LogP contribution in [-0.2, 0) is 16.8 Å². The van der Waals surface area contributed by atoms with E-state index in [0.29, 0.717) is 24.2 Å².